The van der Waals surface area contributed by atoms with E-state index in [9.17, 15) is 0 Å². The summed E-state index contributed by atoms with van der Waals surface area (Å²) in [5, 5.41) is 8.56. The number of hydrogen-bond acceptors (Lipinski definition) is 5. The molecule has 5 heteroatoms. The number of aliphatic hydroxyl groups excluding tert-OH is 1. The van der Waals surface area contributed by atoms with Crippen molar-refractivity contribution in [2.45, 2.75) is 13.3 Å². The van der Waals surface area contributed by atoms with Gasteiger partial charge in [0.25, 0.3) is 0 Å². The average Bonchev–Trinajstić information content (AvgIpc) is 2.15. The molecule has 5 nitrogen and oxygen atoms in total. The quantitative estimate of drug-likeness (QED) is 0.686. The molecule has 0 spiro atoms. The summed E-state index contributed by atoms with van der Waals surface area (Å²) in [4.78, 5) is 7.77. The zero-order chi connectivity index (χ0) is 9.68. The average molecular weight is 183 g/mol. The molecular weight excluding hydrogens is 170 g/mol. The number of nitrogens with two attached hydrogens (primary N) is 1. The summed E-state index contributed by atoms with van der Waals surface area (Å²) in [5.41, 5.74) is 6.40. The summed E-state index contributed by atoms with van der Waals surface area (Å²) in [7, 11) is 0. The monoisotopic (exact) mass is 183 g/mol. The third kappa shape index (κ3) is 2.29. The van der Waals surface area contributed by atoms with E-state index in [-0.39, 0.29) is 13.2 Å². The fraction of sp³-hybridized carbons (Fsp3) is 0.500. The Kier molecular flexibility index (Phi) is 3.45. The third-order valence-corrected chi connectivity index (χ3v) is 1.62. The van der Waals surface area contributed by atoms with Crippen molar-refractivity contribution in [3.8, 4) is 5.88 Å². The number of anilines is 1. The van der Waals surface area contributed by atoms with Crippen molar-refractivity contribution in [2.24, 2.45) is 0 Å². The highest BCUT2D eigenvalue weighted by molar-refractivity contribution is 5.44. The Morgan fingerprint density at radius 1 is 1.54 bits per heavy atom. The van der Waals surface area contributed by atoms with Gasteiger partial charge in [-0.15, -0.1) is 0 Å². The SMILES string of the molecule is CCc1c(N)ncnc1OCCO. The second-order valence-electron chi connectivity index (χ2n) is 2.47. The van der Waals surface area contributed by atoms with Crippen molar-refractivity contribution >= 4 is 5.82 Å². The molecule has 0 aliphatic heterocycles. The van der Waals surface area contributed by atoms with E-state index in [1.165, 1.54) is 6.33 Å². The predicted molar refractivity (Wildman–Crippen MR) is 48.4 cm³/mol. The van der Waals surface area contributed by atoms with E-state index in [1.54, 1.807) is 0 Å². The van der Waals surface area contributed by atoms with Crippen LogP contribution in [0.25, 0.3) is 0 Å². The first kappa shape index (κ1) is 9.73. The van der Waals surface area contributed by atoms with Crippen molar-refractivity contribution < 1.29 is 9.84 Å². The van der Waals surface area contributed by atoms with Gasteiger partial charge >= 0.3 is 0 Å². The molecule has 0 saturated carbocycles. The molecule has 0 atom stereocenters. The molecule has 13 heavy (non-hydrogen) atoms. The Labute approximate surface area is 76.6 Å². The molecule has 0 unspecified atom stereocenters. The summed E-state index contributed by atoms with van der Waals surface area (Å²) in [5.74, 6) is 0.898. The number of aromatic nitrogens is 2. The van der Waals surface area contributed by atoms with Crippen LogP contribution in [0.15, 0.2) is 6.33 Å². The van der Waals surface area contributed by atoms with Crippen LogP contribution in [0.3, 0.4) is 0 Å². The van der Waals surface area contributed by atoms with Crippen LogP contribution in [-0.2, 0) is 6.42 Å². The van der Waals surface area contributed by atoms with Gasteiger partial charge in [-0.1, -0.05) is 6.92 Å². The van der Waals surface area contributed by atoms with Gasteiger partial charge in [-0.2, -0.15) is 0 Å². The minimum atomic E-state index is -0.0347. The normalized spacial score (nSPS) is 10.0. The summed E-state index contributed by atoms with van der Waals surface area (Å²) in [6.45, 7) is 2.14. The molecule has 0 aromatic carbocycles. The van der Waals surface area contributed by atoms with Crippen LogP contribution >= 0.6 is 0 Å². The van der Waals surface area contributed by atoms with Crippen molar-refractivity contribution in [2.75, 3.05) is 18.9 Å². The maximum Gasteiger partial charge on any atom is 0.221 e. The second kappa shape index (κ2) is 4.61. The van der Waals surface area contributed by atoms with E-state index in [1.807, 2.05) is 6.92 Å². The summed E-state index contributed by atoms with van der Waals surface area (Å²) < 4.78 is 5.18. The summed E-state index contributed by atoms with van der Waals surface area (Å²) >= 11 is 0. The van der Waals surface area contributed by atoms with Gasteiger partial charge in [0.15, 0.2) is 0 Å². The molecule has 0 saturated heterocycles. The number of nitrogen functional groups attached to an aromatic ring is 1. The smallest absolute Gasteiger partial charge is 0.221 e. The lowest BCUT2D eigenvalue weighted by molar-refractivity contribution is 0.195. The molecule has 0 bridgehead atoms. The van der Waals surface area contributed by atoms with Gasteiger partial charge in [-0.05, 0) is 6.42 Å². The number of nitrogens with zero attached hydrogens (tertiary/aromatic N) is 2. The van der Waals surface area contributed by atoms with Crippen LogP contribution in [-0.4, -0.2) is 28.3 Å². The lowest BCUT2D eigenvalue weighted by atomic mass is 10.2. The molecule has 3 N–H and O–H groups in total. The number of ether oxygens (including phenoxy) is 1. The standard InChI is InChI=1S/C8H13N3O2/c1-2-6-7(9)10-5-11-8(6)13-4-3-12/h5,12H,2-4H2,1H3,(H2,9,10,11). The van der Waals surface area contributed by atoms with Crippen molar-refractivity contribution in [3.63, 3.8) is 0 Å². The van der Waals surface area contributed by atoms with Crippen molar-refractivity contribution in [1.29, 1.82) is 0 Å². The molecule has 1 rings (SSSR count). The Morgan fingerprint density at radius 3 is 2.92 bits per heavy atom. The first-order chi connectivity index (χ1) is 6.29. The van der Waals surface area contributed by atoms with Gasteiger partial charge in [0.1, 0.15) is 18.8 Å². The Morgan fingerprint density at radius 2 is 2.31 bits per heavy atom. The minimum absolute atomic E-state index is 0.0347. The maximum absolute atomic E-state index is 8.56. The number of rotatable bonds is 4. The molecule has 1 heterocycles. The van der Waals surface area contributed by atoms with Gasteiger partial charge in [0.05, 0.1) is 12.2 Å². The van der Waals surface area contributed by atoms with Gasteiger partial charge in [0.2, 0.25) is 5.88 Å². The molecule has 1 aromatic rings. The van der Waals surface area contributed by atoms with Gasteiger partial charge in [0, 0.05) is 0 Å². The highest BCUT2D eigenvalue weighted by atomic mass is 16.5. The molecule has 72 valence electrons. The molecule has 1 aromatic heterocycles. The lowest BCUT2D eigenvalue weighted by Gasteiger charge is -2.08. The van der Waals surface area contributed by atoms with Crippen LogP contribution in [0, 0.1) is 0 Å². The van der Waals surface area contributed by atoms with Crippen molar-refractivity contribution in [1.82, 2.24) is 9.97 Å². The number of aliphatic hydroxyl groups is 1. The van der Waals surface area contributed by atoms with Crippen LogP contribution in [0.5, 0.6) is 5.88 Å². The summed E-state index contributed by atoms with van der Waals surface area (Å²) in [6, 6.07) is 0. The molecule has 0 aliphatic rings. The lowest BCUT2D eigenvalue weighted by Crippen LogP contribution is -2.08. The molecule has 0 fully saturated rings. The van der Waals surface area contributed by atoms with E-state index < -0.39 is 0 Å². The highest BCUT2D eigenvalue weighted by Gasteiger charge is 2.07. The zero-order valence-corrected chi connectivity index (χ0v) is 7.53. The fourth-order valence-electron chi connectivity index (χ4n) is 1.01. The van der Waals surface area contributed by atoms with E-state index in [4.69, 9.17) is 15.6 Å². The molecule has 0 aliphatic carbocycles. The Balaban J connectivity index is 2.85. The predicted octanol–water partition coefficient (Wildman–Crippen LogP) is -0.00770. The topological polar surface area (TPSA) is 81.3 Å². The van der Waals surface area contributed by atoms with Gasteiger partial charge in [-0.3, -0.25) is 0 Å². The van der Waals surface area contributed by atoms with Crippen LogP contribution < -0.4 is 10.5 Å². The largest absolute Gasteiger partial charge is 0.475 e. The second-order valence-corrected chi connectivity index (χ2v) is 2.47. The molecule has 0 radical (unpaired) electrons. The fourth-order valence-corrected chi connectivity index (χ4v) is 1.01. The Bertz CT molecular complexity index is 278. The van der Waals surface area contributed by atoms with E-state index in [0.717, 1.165) is 5.56 Å². The van der Waals surface area contributed by atoms with Gasteiger partial charge in [-0.25, -0.2) is 9.97 Å². The first-order valence-electron chi connectivity index (χ1n) is 4.12. The van der Waals surface area contributed by atoms with E-state index >= 15 is 0 Å². The van der Waals surface area contributed by atoms with Crippen LogP contribution in [0.1, 0.15) is 12.5 Å². The van der Waals surface area contributed by atoms with E-state index in [0.29, 0.717) is 18.1 Å². The van der Waals surface area contributed by atoms with Gasteiger partial charge < -0.3 is 15.6 Å². The Hall–Kier alpha value is -1.36. The highest BCUT2D eigenvalue weighted by Crippen LogP contribution is 2.19. The summed E-state index contributed by atoms with van der Waals surface area (Å²) in [6.07, 6.45) is 2.06. The zero-order valence-electron chi connectivity index (χ0n) is 7.53. The van der Waals surface area contributed by atoms with Crippen LogP contribution in [0.2, 0.25) is 0 Å². The first-order valence-corrected chi connectivity index (χ1v) is 4.12. The minimum Gasteiger partial charge on any atom is -0.475 e. The molecular formula is C8H13N3O2. The maximum atomic E-state index is 8.56. The van der Waals surface area contributed by atoms with Crippen molar-refractivity contribution in [3.05, 3.63) is 11.9 Å². The van der Waals surface area contributed by atoms with E-state index in [2.05, 4.69) is 9.97 Å². The molecule has 0 amide bonds. The van der Waals surface area contributed by atoms with Crippen LogP contribution in [0.4, 0.5) is 5.82 Å². The third-order valence-electron chi connectivity index (χ3n) is 1.62. The number of hydrogen-bond donors (Lipinski definition) is 2.